The van der Waals surface area contributed by atoms with Crippen molar-refractivity contribution in [1.82, 2.24) is 9.80 Å². The second kappa shape index (κ2) is 9.08. The highest BCUT2D eigenvalue weighted by Crippen LogP contribution is 2.23. The summed E-state index contributed by atoms with van der Waals surface area (Å²) < 4.78 is 10.5. The molecule has 28 heavy (non-hydrogen) atoms. The molecule has 1 aliphatic rings. The van der Waals surface area contributed by atoms with Crippen LogP contribution in [0.1, 0.15) is 15.9 Å². The average molecular weight is 380 g/mol. The van der Waals surface area contributed by atoms with E-state index >= 15 is 0 Å². The van der Waals surface area contributed by atoms with Gasteiger partial charge in [0.05, 0.1) is 14.2 Å². The van der Waals surface area contributed by atoms with E-state index in [-0.39, 0.29) is 11.8 Å². The van der Waals surface area contributed by atoms with Gasteiger partial charge in [-0.3, -0.25) is 9.59 Å². The van der Waals surface area contributed by atoms with Crippen molar-refractivity contribution in [1.29, 1.82) is 0 Å². The highest BCUT2D eigenvalue weighted by molar-refractivity contribution is 5.96. The number of carbonyl (C=O) groups is 2. The maximum Gasteiger partial charge on any atom is 0.254 e. The Labute approximate surface area is 165 Å². The summed E-state index contributed by atoms with van der Waals surface area (Å²) in [6.07, 6.45) is 3.39. The largest absolute Gasteiger partial charge is 0.497 e. The fourth-order valence-electron chi connectivity index (χ4n) is 3.08. The number of nitrogens with zero attached hydrogens (tertiary/aromatic N) is 2. The normalized spacial score (nSPS) is 14.2. The first-order valence-corrected chi connectivity index (χ1v) is 9.15. The molecule has 0 atom stereocenters. The monoisotopic (exact) mass is 380 g/mol. The minimum Gasteiger partial charge on any atom is -0.497 e. The Balaban J connectivity index is 1.60. The van der Waals surface area contributed by atoms with Crippen LogP contribution in [0.25, 0.3) is 6.08 Å². The second-order valence-corrected chi connectivity index (χ2v) is 6.46. The number of carbonyl (C=O) groups excluding carboxylic acids is 2. The van der Waals surface area contributed by atoms with Crippen LogP contribution in [-0.4, -0.2) is 62.0 Å². The Morgan fingerprint density at radius 1 is 0.857 bits per heavy atom. The molecule has 0 spiro atoms. The summed E-state index contributed by atoms with van der Waals surface area (Å²) in [6.45, 7) is 1.99. The van der Waals surface area contributed by atoms with Crippen molar-refractivity contribution >= 4 is 17.9 Å². The Morgan fingerprint density at radius 2 is 1.43 bits per heavy atom. The molecule has 6 nitrogen and oxygen atoms in total. The van der Waals surface area contributed by atoms with Gasteiger partial charge in [-0.25, -0.2) is 0 Å². The van der Waals surface area contributed by atoms with Gasteiger partial charge in [0, 0.05) is 43.9 Å². The van der Waals surface area contributed by atoms with Gasteiger partial charge in [-0.1, -0.05) is 30.3 Å². The lowest BCUT2D eigenvalue weighted by Gasteiger charge is -2.34. The van der Waals surface area contributed by atoms with Crippen molar-refractivity contribution in [2.24, 2.45) is 0 Å². The van der Waals surface area contributed by atoms with Crippen molar-refractivity contribution in [2.75, 3.05) is 40.4 Å². The molecule has 0 aliphatic carbocycles. The van der Waals surface area contributed by atoms with Crippen LogP contribution < -0.4 is 9.47 Å². The summed E-state index contributed by atoms with van der Waals surface area (Å²) in [5, 5.41) is 0. The first-order valence-electron chi connectivity index (χ1n) is 9.15. The van der Waals surface area contributed by atoms with Crippen LogP contribution in [0.5, 0.6) is 11.5 Å². The molecule has 6 heteroatoms. The highest BCUT2D eigenvalue weighted by Gasteiger charge is 2.24. The number of ether oxygens (including phenoxy) is 2. The molecule has 0 aromatic heterocycles. The summed E-state index contributed by atoms with van der Waals surface area (Å²) >= 11 is 0. The topological polar surface area (TPSA) is 59.1 Å². The summed E-state index contributed by atoms with van der Waals surface area (Å²) in [7, 11) is 3.10. The van der Waals surface area contributed by atoms with Crippen molar-refractivity contribution < 1.29 is 19.1 Å². The van der Waals surface area contributed by atoms with E-state index in [1.807, 2.05) is 36.4 Å². The highest BCUT2D eigenvalue weighted by atomic mass is 16.5. The predicted molar refractivity (Wildman–Crippen MR) is 108 cm³/mol. The number of rotatable bonds is 5. The average Bonchev–Trinajstić information content (AvgIpc) is 2.77. The predicted octanol–water partition coefficient (Wildman–Crippen LogP) is 2.70. The van der Waals surface area contributed by atoms with Gasteiger partial charge < -0.3 is 19.3 Å². The smallest absolute Gasteiger partial charge is 0.254 e. The molecule has 0 saturated carbocycles. The van der Waals surface area contributed by atoms with E-state index in [1.54, 1.807) is 48.3 Å². The van der Waals surface area contributed by atoms with E-state index in [9.17, 15) is 9.59 Å². The van der Waals surface area contributed by atoms with E-state index < -0.39 is 0 Å². The fourth-order valence-corrected chi connectivity index (χ4v) is 3.08. The molecule has 2 amide bonds. The van der Waals surface area contributed by atoms with Gasteiger partial charge in [-0.15, -0.1) is 0 Å². The van der Waals surface area contributed by atoms with Crippen LogP contribution >= 0.6 is 0 Å². The van der Waals surface area contributed by atoms with Crippen LogP contribution in [0.3, 0.4) is 0 Å². The quantitative estimate of drug-likeness (QED) is 0.749. The van der Waals surface area contributed by atoms with Crippen LogP contribution in [0.2, 0.25) is 0 Å². The van der Waals surface area contributed by atoms with Crippen molar-refractivity contribution in [3.8, 4) is 11.5 Å². The number of benzene rings is 2. The van der Waals surface area contributed by atoms with E-state index in [4.69, 9.17) is 9.47 Å². The number of hydrogen-bond donors (Lipinski definition) is 0. The van der Waals surface area contributed by atoms with Crippen LogP contribution in [-0.2, 0) is 4.79 Å². The van der Waals surface area contributed by atoms with Gasteiger partial charge in [-0.2, -0.15) is 0 Å². The van der Waals surface area contributed by atoms with Gasteiger partial charge in [0.1, 0.15) is 11.5 Å². The van der Waals surface area contributed by atoms with Crippen molar-refractivity contribution in [3.05, 3.63) is 65.7 Å². The lowest BCUT2D eigenvalue weighted by atomic mass is 10.1. The van der Waals surface area contributed by atoms with Gasteiger partial charge in [0.15, 0.2) is 0 Å². The minimum absolute atomic E-state index is 0.0426. The van der Waals surface area contributed by atoms with Gasteiger partial charge in [-0.05, 0) is 23.8 Å². The molecule has 146 valence electrons. The molecule has 2 aromatic rings. The van der Waals surface area contributed by atoms with E-state index in [2.05, 4.69) is 0 Å². The number of hydrogen-bond acceptors (Lipinski definition) is 4. The molecular formula is C22H24N2O4. The third-order valence-electron chi connectivity index (χ3n) is 4.69. The Bertz CT molecular complexity index is 834. The summed E-state index contributed by atoms with van der Waals surface area (Å²) in [5.41, 5.74) is 1.50. The first kappa shape index (κ1) is 19.5. The molecule has 0 N–H and O–H groups in total. The lowest BCUT2D eigenvalue weighted by molar-refractivity contribution is -0.127. The summed E-state index contributed by atoms with van der Waals surface area (Å²) in [6, 6.07) is 14.8. The van der Waals surface area contributed by atoms with Crippen molar-refractivity contribution in [2.45, 2.75) is 0 Å². The Hall–Kier alpha value is -3.28. The zero-order valence-electron chi connectivity index (χ0n) is 16.1. The molecule has 2 aromatic carbocycles. The number of amides is 2. The molecule has 1 heterocycles. The number of methoxy groups -OCH3 is 2. The second-order valence-electron chi connectivity index (χ2n) is 6.46. The fraction of sp³-hybridized carbons (Fsp3) is 0.273. The van der Waals surface area contributed by atoms with Crippen LogP contribution in [0.4, 0.5) is 0 Å². The van der Waals surface area contributed by atoms with E-state index in [0.717, 1.165) is 5.56 Å². The summed E-state index contributed by atoms with van der Waals surface area (Å²) in [5.74, 6) is 1.01. The molecular weight excluding hydrogens is 356 g/mol. The maximum absolute atomic E-state index is 12.8. The van der Waals surface area contributed by atoms with Crippen LogP contribution in [0, 0.1) is 0 Å². The Kier molecular flexibility index (Phi) is 6.32. The molecule has 1 saturated heterocycles. The van der Waals surface area contributed by atoms with Crippen LogP contribution in [0.15, 0.2) is 54.6 Å². The van der Waals surface area contributed by atoms with Gasteiger partial charge in [0.25, 0.3) is 5.91 Å². The van der Waals surface area contributed by atoms with Crippen molar-refractivity contribution in [3.63, 3.8) is 0 Å². The zero-order valence-corrected chi connectivity index (χ0v) is 16.1. The lowest BCUT2D eigenvalue weighted by Crippen LogP contribution is -2.50. The third-order valence-corrected chi connectivity index (χ3v) is 4.69. The van der Waals surface area contributed by atoms with E-state index in [1.165, 1.54) is 0 Å². The standard InChI is InChI=1S/C22H24N2O4/c1-27-19-14-18(15-20(16-19)28-2)22(26)24-12-10-23(11-13-24)21(25)9-8-17-6-4-3-5-7-17/h3-9,14-16H,10-13H2,1-2H3/b9-8+. The molecule has 1 aliphatic heterocycles. The third kappa shape index (κ3) is 4.71. The van der Waals surface area contributed by atoms with Gasteiger partial charge in [0.2, 0.25) is 5.91 Å². The Morgan fingerprint density at radius 3 is 2.00 bits per heavy atom. The zero-order chi connectivity index (χ0) is 19.9. The molecule has 0 unspecified atom stereocenters. The van der Waals surface area contributed by atoms with Gasteiger partial charge >= 0.3 is 0 Å². The minimum atomic E-state index is -0.0934. The molecule has 1 fully saturated rings. The SMILES string of the molecule is COc1cc(OC)cc(C(=O)N2CCN(C(=O)/C=C/c3ccccc3)CC2)c1. The maximum atomic E-state index is 12.8. The number of piperazine rings is 1. The first-order chi connectivity index (χ1) is 13.6. The molecule has 0 bridgehead atoms. The summed E-state index contributed by atoms with van der Waals surface area (Å²) in [4.78, 5) is 28.7. The molecule has 3 rings (SSSR count). The van der Waals surface area contributed by atoms with E-state index in [0.29, 0.717) is 43.2 Å². The molecule has 0 radical (unpaired) electrons.